The Kier molecular flexibility index (Phi) is 5.99. The van der Waals surface area contributed by atoms with Gasteiger partial charge in [-0.25, -0.2) is 4.79 Å². The molecule has 6 nitrogen and oxygen atoms in total. The standard InChI is InChI=1S/C14H20N2O4/c1-9(15)6-13(17)16-8-10-4-5-12(19-2)11(7-10)14(18)20-3/h4-5,7,9H,6,8,15H2,1-3H3,(H,16,17). The molecule has 1 atom stereocenters. The smallest absolute Gasteiger partial charge is 0.341 e. The van der Waals surface area contributed by atoms with Gasteiger partial charge in [-0.05, 0) is 24.6 Å². The molecule has 20 heavy (non-hydrogen) atoms. The number of hydrogen-bond acceptors (Lipinski definition) is 5. The van der Waals surface area contributed by atoms with Crippen LogP contribution < -0.4 is 15.8 Å². The van der Waals surface area contributed by atoms with Gasteiger partial charge in [-0.2, -0.15) is 0 Å². The van der Waals surface area contributed by atoms with Crippen molar-refractivity contribution in [1.29, 1.82) is 0 Å². The zero-order valence-electron chi connectivity index (χ0n) is 11.9. The summed E-state index contributed by atoms with van der Waals surface area (Å²) in [6, 6.07) is 4.89. The van der Waals surface area contributed by atoms with Gasteiger partial charge in [0.1, 0.15) is 11.3 Å². The maximum Gasteiger partial charge on any atom is 0.341 e. The van der Waals surface area contributed by atoms with Gasteiger partial charge in [0.15, 0.2) is 0 Å². The molecular weight excluding hydrogens is 260 g/mol. The first-order valence-electron chi connectivity index (χ1n) is 6.25. The summed E-state index contributed by atoms with van der Waals surface area (Å²) < 4.78 is 9.79. The Morgan fingerprint density at radius 2 is 2.05 bits per heavy atom. The number of esters is 1. The second-order valence-corrected chi connectivity index (χ2v) is 4.48. The number of nitrogens with one attached hydrogen (secondary N) is 1. The van der Waals surface area contributed by atoms with Crippen LogP contribution in [-0.4, -0.2) is 32.1 Å². The minimum Gasteiger partial charge on any atom is -0.496 e. The normalized spacial score (nSPS) is 11.6. The molecule has 0 saturated carbocycles. The SMILES string of the molecule is COC(=O)c1cc(CNC(=O)CC(C)N)ccc1OC. The molecule has 1 rings (SSSR count). The van der Waals surface area contributed by atoms with Crippen LogP contribution in [0.1, 0.15) is 29.3 Å². The van der Waals surface area contributed by atoms with Crippen LogP contribution in [0, 0.1) is 0 Å². The van der Waals surface area contributed by atoms with Crippen molar-refractivity contribution in [2.24, 2.45) is 5.73 Å². The molecular formula is C14H20N2O4. The lowest BCUT2D eigenvalue weighted by atomic mass is 10.1. The van der Waals surface area contributed by atoms with E-state index in [0.717, 1.165) is 5.56 Å². The molecule has 1 unspecified atom stereocenters. The molecule has 0 radical (unpaired) electrons. The summed E-state index contributed by atoms with van der Waals surface area (Å²) in [6.45, 7) is 2.09. The maximum absolute atomic E-state index is 11.6. The third-order valence-electron chi connectivity index (χ3n) is 2.67. The van der Waals surface area contributed by atoms with Gasteiger partial charge in [-0.1, -0.05) is 6.07 Å². The fourth-order valence-corrected chi connectivity index (χ4v) is 1.70. The molecule has 1 aromatic rings. The molecule has 0 spiro atoms. The molecule has 110 valence electrons. The van der Waals surface area contributed by atoms with Crippen molar-refractivity contribution in [2.75, 3.05) is 14.2 Å². The van der Waals surface area contributed by atoms with E-state index in [9.17, 15) is 9.59 Å². The lowest BCUT2D eigenvalue weighted by molar-refractivity contribution is -0.121. The van der Waals surface area contributed by atoms with Gasteiger partial charge in [-0.3, -0.25) is 4.79 Å². The fourth-order valence-electron chi connectivity index (χ4n) is 1.70. The first kappa shape index (κ1) is 16.0. The van der Waals surface area contributed by atoms with Crippen LogP contribution in [0.2, 0.25) is 0 Å². The van der Waals surface area contributed by atoms with Crippen molar-refractivity contribution in [3.05, 3.63) is 29.3 Å². The number of nitrogens with two attached hydrogens (primary N) is 1. The van der Waals surface area contributed by atoms with Gasteiger partial charge >= 0.3 is 5.97 Å². The maximum atomic E-state index is 11.6. The highest BCUT2D eigenvalue weighted by Gasteiger charge is 2.13. The number of hydrogen-bond donors (Lipinski definition) is 2. The fraction of sp³-hybridized carbons (Fsp3) is 0.429. The molecule has 0 aromatic heterocycles. The van der Waals surface area contributed by atoms with E-state index in [0.29, 0.717) is 17.9 Å². The van der Waals surface area contributed by atoms with Crippen molar-refractivity contribution in [1.82, 2.24) is 5.32 Å². The first-order valence-corrected chi connectivity index (χ1v) is 6.25. The highest BCUT2D eigenvalue weighted by atomic mass is 16.5. The summed E-state index contributed by atoms with van der Waals surface area (Å²) in [5.41, 5.74) is 6.65. The van der Waals surface area contributed by atoms with E-state index in [1.165, 1.54) is 14.2 Å². The number of carbonyl (C=O) groups is 2. The number of rotatable bonds is 6. The van der Waals surface area contributed by atoms with Crippen molar-refractivity contribution >= 4 is 11.9 Å². The van der Waals surface area contributed by atoms with E-state index in [-0.39, 0.29) is 18.4 Å². The minimum absolute atomic E-state index is 0.129. The Labute approximate surface area is 118 Å². The van der Waals surface area contributed by atoms with Crippen LogP contribution in [0.3, 0.4) is 0 Å². The van der Waals surface area contributed by atoms with E-state index in [4.69, 9.17) is 10.5 Å². The van der Waals surface area contributed by atoms with E-state index in [1.807, 2.05) is 0 Å². The highest BCUT2D eigenvalue weighted by Crippen LogP contribution is 2.20. The predicted molar refractivity (Wildman–Crippen MR) is 74.4 cm³/mol. The Bertz CT molecular complexity index is 486. The number of ether oxygens (including phenoxy) is 2. The van der Waals surface area contributed by atoms with Crippen LogP contribution in [0.25, 0.3) is 0 Å². The van der Waals surface area contributed by atoms with Crippen LogP contribution in [0.4, 0.5) is 0 Å². The Morgan fingerprint density at radius 1 is 1.35 bits per heavy atom. The van der Waals surface area contributed by atoms with E-state index >= 15 is 0 Å². The Morgan fingerprint density at radius 3 is 2.60 bits per heavy atom. The summed E-state index contributed by atoms with van der Waals surface area (Å²) in [7, 11) is 2.78. The summed E-state index contributed by atoms with van der Waals surface area (Å²) in [6.07, 6.45) is 0.264. The van der Waals surface area contributed by atoms with Crippen molar-refractivity contribution < 1.29 is 19.1 Å². The molecule has 0 aliphatic heterocycles. The molecule has 1 amide bonds. The Balaban J connectivity index is 2.77. The van der Waals surface area contributed by atoms with E-state index in [1.54, 1.807) is 25.1 Å². The zero-order valence-corrected chi connectivity index (χ0v) is 11.9. The second kappa shape index (κ2) is 7.49. The summed E-state index contributed by atoms with van der Waals surface area (Å²) in [4.78, 5) is 23.1. The number of amides is 1. The van der Waals surface area contributed by atoms with Crippen LogP contribution in [0.15, 0.2) is 18.2 Å². The number of benzene rings is 1. The largest absolute Gasteiger partial charge is 0.496 e. The molecule has 0 heterocycles. The minimum atomic E-state index is -0.481. The molecule has 0 bridgehead atoms. The van der Waals surface area contributed by atoms with Crippen molar-refractivity contribution in [2.45, 2.75) is 25.9 Å². The van der Waals surface area contributed by atoms with Gasteiger partial charge in [0, 0.05) is 19.0 Å². The van der Waals surface area contributed by atoms with Gasteiger partial charge in [0.2, 0.25) is 5.91 Å². The molecule has 0 aliphatic rings. The van der Waals surface area contributed by atoms with Crippen molar-refractivity contribution in [3.8, 4) is 5.75 Å². The third-order valence-corrected chi connectivity index (χ3v) is 2.67. The lowest BCUT2D eigenvalue weighted by Gasteiger charge is -2.11. The quantitative estimate of drug-likeness (QED) is 0.753. The average Bonchev–Trinajstić information content (AvgIpc) is 2.43. The van der Waals surface area contributed by atoms with E-state index < -0.39 is 5.97 Å². The third kappa shape index (κ3) is 4.55. The zero-order chi connectivity index (χ0) is 15.1. The summed E-state index contributed by atoms with van der Waals surface area (Å²) >= 11 is 0. The van der Waals surface area contributed by atoms with Gasteiger partial charge in [0.05, 0.1) is 14.2 Å². The molecule has 0 aliphatic carbocycles. The Hall–Kier alpha value is -2.08. The van der Waals surface area contributed by atoms with Crippen LogP contribution >= 0.6 is 0 Å². The highest BCUT2D eigenvalue weighted by molar-refractivity contribution is 5.92. The van der Waals surface area contributed by atoms with Gasteiger partial charge < -0.3 is 20.5 Å². The van der Waals surface area contributed by atoms with Crippen LogP contribution in [-0.2, 0) is 16.1 Å². The van der Waals surface area contributed by atoms with Crippen LogP contribution in [0.5, 0.6) is 5.75 Å². The number of methoxy groups -OCH3 is 2. The molecule has 1 aromatic carbocycles. The van der Waals surface area contributed by atoms with E-state index in [2.05, 4.69) is 10.1 Å². The number of carbonyl (C=O) groups excluding carboxylic acids is 2. The monoisotopic (exact) mass is 280 g/mol. The summed E-state index contributed by atoms with van der Waals surface area (Å²) in [5, 5.41) is 2.74. The lowest BCUT2D eigenvalue weighted by Crippen LogP contribution is -2.29. The first-order chi connectivity index (χ1) is 9.47. The molecule has 0 saturated heterocycles. The molecule has 6 heteroatoms. The van der Waals surface area contributed by atoms with Gasteiger partial charge in [0.25, 0.3) is 0 Å². The van der Waals surface area contributed by atoms with Gasteiger partial charge in [-0.15, -0.1) is 0 Å². The van der Waals surface area contributed by atoms with Crippen molar-refractivity contribution in [3.63, 3.8) is 0 Å². The predicted octanol–water partition coefficient (Wildman–Crippen LogP) is 0.835. The second-order valence-electron chi connectivity index (χ2n) is 4.48. The average molecular weight is 280 g/mol. The topological polar surface area (TPSA) is 90.7 Å². The molecule has 0 fully saturated rings. The molecule has 3 N–H and O–H groups in total. The summed E-state index contributed by atoms with van der Waals surface area (Å²) in [5.74, 6) is -0.177.